The Balaban J connectivity index is 1.99. The summed E-state index contributed by atoms with van der Waals surface area (Å²) in [4.78, 5) is 4.05. The van der Waals surface area contributed by atoms with Gasteiger partial charge in [-0.05, 0) is 30.3 Å². The molecule has 0 saturated carbocycles. The average molecular weight is 310 g/mol. The highest BCUT2D eigenvalue weighted by atomic mass is 35.5. The zero-order valence-electron chi connectivity index (χ0n) is 9.85. The summed E-state index contributed by atoms with van der Waals surface area (Å²) < 4.78 is 19.2. The van der Waals surface area contributed by atoms with Crippen LogP contribution in [0.1, 0.15) is 0 Å². The van der Waals surface area contributed by atoms with E-state index < -0.39 is 5.82 Å². The van der Waals surface area contributed by atoms with Gasteiger partial charge in [-0.15, -0.1) is 10.2 Å². The average Bonchev–Trinajstić information content (AvgIpc) is 2.89. The van der Waals surface area contributed by atoms with Crippen LogP contribution in [0.15, 0.2) is 40.9 Å². The highest BCUT2D eigenvalue weighted by Crippen LogP contribution is 2.26. The molecule has 3 rings (SSSR count). The van der Waals surface area contributed by atoms with E-state index in [9.17, 15) is 4.39 Å². The van der Waals surface area contributed by atoms with Crippen molar-refractivity contribution in [2.24, 2.45) is 0 Å². The largest absolute Gasteiger partial charge is 0.414 e. The Hall–Kier alpha value is -1.98. The standard InChI is InChI=1S/C13H6Cl2FN3O/c14-7-1-3-9(10(16)5-7)12-18-19-13(20-12)11-4-2-8(15)6-17-11/h1-6H. The summed E-state index contributed by atoms with van der Waals surface area (Å²) >= 11 is 11.4. The van der Waals surface area contributed by atoms with Crippen LogP contribution in [0.25, 0.3) is 23.0 Å². The Morgan fingerprint density at radius 3 is 2.40 bits per heavy atom. The summed E-state index contributed by atoms with van der Waals surface area (Å²) in [7, 11) is 0. The molecule has 0 unspecified atom stereocenters. The lowest BCUT2D eigenvalue weighted by molar-refractivity contribution is 0.569. The van der Waals surface area contributed by atoms with Crippen molar-refractivity contribution in [1.82, 2.24) is 15.2 Å². The molecule has 0 spiro atoms. The van der Waals surface area contributed by atoms with Gasteiger partial charge in [-0.3, -0.25) is 0 Å². The minimum absolute atomic E-state index is 0.0610. The normalized spacial score (nSPS) is 10.8. The summed E-state index contributed by atoms with van der Waals surface area (Å²) in [5.74, 6) is -0.284. The molecule has 0 N–H and O–H groups in total. The molecule has 0 saturated heterocycles. The second kappa shape index (κ2) is 5.19. The van der Waals surface area contributed by atoms with E-state index in [0.29, 0.717) is 15.7 Å². The Morgan fingerprint density at radius 2 is 1.70 bits per heavy atom. The van der Waals surface area contributed by atoms with Crippen LogP contribution in [0.4, 0.5) is 4.39 Å². The maximum atomic E-state index is 13.8. The fraction of sp³-hybridized carbons (Fsp3) is 0. The van der Waals surface area contributed by atoms with Gasteiger partial charge >= 0.3 is 0 Å². The monoisotopic (exact) mass is 309 g/mol. The maximum absolute atomic E-state index is 13.8. The number of hydrogen-bond acceptors (Lipinski definition) is 4. The summed E-state index contributed by atoms with van der Waals surface area (Å²) in [6.07, 6.45) is 1.46. The van der Waals surface area contributed by atoms with E-state index in [1.165, 1.54) is 18.3 Å². The smallest absolute Gasteiger partial charge is 0.266 e. The van der Waals surface area contributed by atoms with E-state index in [-0.39, 0.29) is 17.3 Å². The minimum Gasteiger partial charge on any atom is -0.414 e. The SMILES string of the molecule is Fc1cc(Cl)ccc1-c1nnc(-c2ccc(Cl)cn2)o1. The molecule has 2 heterocycles. The molecule has 0 aliphatic rings. The topological polar surface area (TPSA) is 51.8 Å². The number of hydrogen-bond donors (Lipinski definition) is 0. The molecule has 2 aromatic heterocycles. The van der Waals surface area contributed by atoms with Crippen LogP contribution in [0.5, 0.6) is 0 Å². The molecule has 0 amide bonds. The lowest BCUT2D eigenvalue weighted by Gasteiger charge is -1.97. The molecule has 1 aromatic carbocycles. The molecule has 0 atom stereocenters. The van der Waals surface area contributed by atoms with Crippen LogP contribution >= 0.6 is 23.2 Å². The van der Waals surface area contributed by atoms with Crippen molar-refractivity contribution in [1.29, 1.82) is 0 Å². The summed E-state index contributed by atoms with van der Waals surface area (Å²) in [6, 6.07) is 7.49. The third kappa shape index (κ3) is 2.50. The zero-order valence-corrected chi connectivity index (χ0v) is 11.4. The first-order valence-corrected chi connectivity index (χ1v) is 6.30. The number of halogens is 3. The van der Waals surface area contributed by atoms with E-state index in [4.69, 9.17) is 27.6 Å². The Bertz CT molecular complexity index is 759. The number of pyridine rings is 1. The van der Waals surface area contributed by atoms with E-state index >= 15 is 0 Å². The van der Waals surface area contributed by atoms with Gasteiger partial charge in [0.25, 0.3) is 11.8 Å². The predicted octanol–water partition coefficient (Wildman–Crippen LogP) is 4.24. The van der Waals surface area contributed by atoms with Crippen LogP contribution in [0.2, 0.25) is 10.0 Å². The van der Waals surface area contributed by atoms with Crippen LogP contribution in [0.3, 0.4) is 0 Å². The molecule has 0 radical (unpaired) electrons. The first kappa shape index (κ1) is 13.0. The highest BCUT2D eigenvalue weighted by molar-refractivity contribution is 6.30. The Morgan fingerprint density at radius 1 is 0.950 bits per heavy atom. The van der Waals surface area contributed by atoms with Gasteiger partial charge in [0.1, 0.15) is 11.5 Å². The lowest BCUT2D eigenvalue weighted by atomic mass is 10.2. The van der Waals surface area contributed by atoms with Gasteiger partial charge in [0, 0.05) is 11.2 Å². The van der Waals surface area contributed by atoms with Crippen molar-refractivity contribution in [3.05, 3.63) is 52.4 Å². The highest BCUT2D eigenvalue weighted by Gasteiger charge is 2.15. The van der Waals surface area contributed by atoms with Crippen molar-refractivity contribution < 1.29 is 8.81 Å². The van der Waals surface area contributed by atoms with Gasteiger partial charge in [-0.1, -0.05) is 23.2 Å². The molecular weight excluding hydrogens is 304 g/mol. The second-order valence-electron chi connectivity index (χ2n) is 3.90. The van der Waals surface area contributed by atoms with Crippen molar-refractivity contribution in [3.8, 4) is 23.0 Å². The van der Waals surface area contributed by atoms with Gasteiger partial charge in [0.2, 0.25) is 0 Å². The van der Waals surface area contributed by atoms with Gasteiger partial charge in [-0.2, -0.15) is 0 Å². The molecule has 0 fully saturated rings. The second-order valence-corrected chi connectivity index (χ2v) is 4.77. The first-order chi connectivity index (χ1) is 9.63. The summed E-state index contributed by atoms with van der Waals surface area (Å²) in [5.41, 5.74) is 0.643. The van der Waals surface area contributed by atoms with Crippen LogP contribution < -0.4 is 0 Å². The molecule has 0 bridgehead atoms. The van der Waals surface area contributed by atoms with Crippen LogP contribution in [-0.2, 0) is 0 Å². The molecule has 100 valence electrons. The molecule has 0 aliphatic carbocycles. The number of rotatable bonds is 2. The quantitative estimate of drug-likeness (QED) is 0.710. The van der Waals surface area contributed by atoms with Gasteiger partial charge in [-0.25, -0.2) is 9.37 Å². The molecular formula is C13H6Cl2FN3O. The fourth-order valence-corrected chi connectivity index (χ4v) is 1.87. The summed E-state index contributed by atoms with van der Waals surface area (Å²) in [5, 5.41) is 8.43. The third-order valence-corrected chi connectivity index (χ3v) is 2.99. The Labute approximate surface area is 123 Å². The number of nitrogens with zero attached hydrogens (tertiary/aromatic N) is 3. The van der Waals surface area contributed by atoms with E-state index in [1.54, 1.807) is 18.2 Å². The zero-order chi connectivity index (χ0) is 14.1. The van der Waals surface area contributed by atoms with Crippen molar-refractivity contribution in [2.45, 2.75) is 0 Å². The van der Waals surface area contributed by atoms with Gasteiger partial charge < -0.3 is 4.42 Å². The van der Waals surface area contributed by atoms with E-state index in [2.05, 4.69) is 15.2 Å². The van der Waals surface area contributed by atoms with E-state index in [1.807, 2.05) is 0 Å². The van der Waals surface area contributed by atoms with Crippen LogP contribution in [0, 0.1) is 5.82 Å². The lowest BCUT2D eigenvalue weighted by Crippen LogP contribution is -1.84. The molecule has 20 heavy (non-hydrogen) atoms. The summed E-state index contributed by atoms with van der Waals surface area (Å²) in [6.45, 7) is 0. The Kier molecular flexibility index (Phi) is 3.38. The van der Waals surface area contributed by atoms with Crippen LogP contribution in [-0.4, -0.2) is 15.2 Å². The molecule has 3 aromatic rings. The van der Waals surface area contributed by atoms with Gasteiger partial charge in [0.15, 0.2) is 0 Å². The van der Waals surface area contributed by atoms with Crippen molar-refractivity contribution in [3.63, 3.8) is 0 Å². The minimum atomic E-state index is -0.531. The number of aromatic nitrogens is 3. The first-order valence-electron chi connectivity index (χ1n) is 5.54. The van der Waals surface area contributed by atoms with Crippen molar-refractivity contribution >= 4 is 23.2 Å². The number of benzene rings is 1. The predicted molar refractivity (Wildman–Crippen MR) is 72.9 cm³/mol. The van der Waals surface area contributed by atoms with Gasteiger partial charge in [0.05, 0.1) is 10.6 Å². The fourth-order valence-electron chi connectivity index (χ4n) is 1.60. The maximum Gasteiger partial charge on any atom is 0.266 e. The van der Waals surface area contributed by atoms with Crippen molar-refractivity contribution in [2.75, 3.05) is 0 Å². The third-order valence-electron chi connectivity index (χ3n) is 2.53. The molecule has 0 aliphatic heterocycles. The molecule has 7 heteroatoms. The van der Waals surface area contributed by atoms with E-state index in [0.717, 1.165) is 0 Å². The molecule has 4 nitrogen and oxygen atoms in total.